The molecule has 0 aromatic carbocycles. The zero-order valence-electron chi connectivity index (χ0n) is 57.9. The summed E-state index contributed by atoms with van der Waals surface area (Å²) in [7, 11) is 9.89. The van der Waals surface area contributed by atoms with Gasteiger partial charge in [0.2, 0.25) is 65.0 Å². The largest absolute Gasteiger partial charge is 0.459 e. The fourth-order valence-electron chi connectivity index (χ4n) is 11.0. The Morgan fingerprint density at radius 1 is 0.489 bits per heavy atom. The van der Waals surface area contributed by atoms with Crippen molar-refractivity contribution in [1.82, 2.24) is 55.6 Å². The van der Waals surface area contributed by atoms with Crippen molar-refractivity contribution in [1.29, 1.82) is 0 Å². The van der Waals surface area contributed by atoms with Crippen molar-refractivity contribution in [2.45, 2.75) is 230 Å². The summed E-state index contributed by atoms with van der Waals surface area (Å²) < 4.78 is 5.93. The highest BCUT2D eigenvalue weighted by atomic mass is 16.5. The van der Waals surface area contributed by atoms with Crippen molar-refractivity contribution in [2.75, 3.05) is 55.9 Å². The van der Waals surface area contributed by atoms with Gasteiger partial charge in [-0.25, -0.2) is 0 Å². The maximum absolute atomic E-state index is 15.4. The quantitative estimate of drug-likeness (QED) is 0.126. The van der Waals surface area contributed by atoms with Crippen LogP contribution in [0.15, 0.2) is 12.2 Å². The molecule has 0 bridgehead atoms. The number of carbonyl (C=O) groups is 12. The number of ether oxygens (including phenoxy) is 1. The molecule has 1 fully saturated rings. The molecule has 1 aliphatic rings. The Kier molecular flexibility index (Phi) is 32.6. The van der Waals surface area contributed by atoms with Crippen molar-refractivity contribution in [3.63, 3.8) is 0 Å². The highest BCUT2D eigenvalue weighted by Gasteiger charge is 2.47. The van der Waals surface area contributed by atoms with Gasteiger partial charge in [-0.05, 0) is 101 Å². The molecule has 1 aliphatic heterocycles. The first-order chi connectivity index (χ1) is 40.6. The van der Waals surface area contributed by atoms with Crippen molar-refractivity contribution in [3.8, 4) is 0 Å². The third-order valence-corrected chi connectivity index (χ3v) is 16.3. The van der Waals surface area contributed by atoms with Gasteiger partial charge in [0.1, 0.15) is 66.5 Å². The minimum absolute atomic E-state index is 0.00279. The molecule has 4 N–H and O–H groups in total. The van der Waals surface area contributed by atoms with E-state index in [-0.39, 0.29) is 55.8 Å². The Morgan fingerprint density at radius 3 is 1.35 bits per heavy atom. The van der Waals surface area contributed by atoms with Crippen molar-refractivity contribution in [2.24, 2.45) is 41.4 Å². The molecule has 24 nitrogen and oxygen atoms in total. The standard InChI is InChI=1S/C64H113N11O13/c1-26-28-29-41(15)54(88-44(18)76)53-58(81)67-45(27-2)60(83)69(19)34-50(77)70(20)46(30-35(3)4)57(80)68-51(39(11)12)63(86)71(21)47(31-36(5)6)56(79)65-42(16)55(78)66-43(17)59(82)72(22)48(32-37(7)8)61(84)73(23)49(33-38(9)10)62(85)74(24)52(40(13)14)64(87)75(53)25/h26,28,35-43,45-49,51-54H,27,29-34H2,1-25H3,(H,65,79)(H,66,78)(H,67,81)(H,68,80)/b28-26+/t41-,42+,43-,45+,46-,47+,48-,49-,51+,52+,53+,54-/m1/s1. The summed E-state index contributed by atoms with van der Waals surface area (Å²) in [4.78, 5) is 183. The number of amides is 11. The van der Waals surface area contributed by atoms with Gasteiger partial charge in [-0.2, -0.15) is 0 Å². The molecule has 11 amide bonds. The van der Waals surface area contributed by atoms with Gasteiger partial charge in [-0.1, -0.05) is 109 Å². The molecular formula is C64H113N11O13. The van der Waals surface area contributed by atoms with Crippen LogP contribution in [-0.4, -0.2) is 228 Å². The van der Waals surface area contributed by atoms with E-state index in [1.807, 2.05) is 61.5 Å². The molecule has 0 radical (unpaired) electrons. The number of nitrogens with one attached hydrogen (secondary N) is 4. The number of hydrogen-bond donors (Lipinski definition) is 4. The van der Waals surface area contributed by atoms with E-state index in [1.165, 1.54) is 94.6 Å². The van der Waals surface area contributed by atoms with Crippen LogP contribution in [0.5, 0.6) is 0 Å². The van der Waals surface area contributed by atoms with E-state index in [0.717, 1.165) is 9.80 Å². The zero-order valence-corrected chi connectivity index (χ0v) is 57.9. The first kappa shape index (κ1) is 79.4. The van der Waals surface area contributed by atoms with Gasteiger partial charge >= 0.3 is 5.97 Å². The number of nitrogens with zero attached hydrogens (tertiary/aromatic N) is 7. The van der Waals surface area contributed by atoms with Gasteiger partial charge < -0.3 is 60.3 Å². The van der Waals surface area contributed by atoms with Gasteiger partial charge in [0, 0.05) is 56.3 Å². The zero-order chi connectivity index (χ0) is 68.3. The maximum Gasteiger partial charge on any atom is 0.303 e. The van der Waals surface area contributed by atoms with E-state index in [9.17, 15) is 38.4 Å². The Hall–Kier alpha value is -6.62. The van der Waals surface area contributed by atoms with Gasteiger partial charge in [-0.3, -0.25) is 57.5 Å². The van der Waals surface area contributed by atoms with Crippen LogP contribution in [0.4, 0.5) is 0 Å². The molecule has 12 atom stereocenters. The van der Waals surface area contributed by atoms with Crippen LogP contribution in [0.2, 0.25) is 0 Å². The summed E-state index contributed by atoms with van der Waals surface area (Å²) in [6.07, 6.45) is 3.15. The van der Waals surface area contributed by atoms with Crippen LogP contribution in [0.3, 0.4) is 0 Å². The molecule has 1 heterocycles. The van der Waals surface area contributed by atoms with Crippen LogP contribution in [0, 0.1) is 41.4 Å². The van der Waals surface area contributed by atoms with Crippen LogP contribution in [-0.2, 0) is 62.3 Å². The summed E-state index contributed by atoms with van der Waals surface area (Å²) in [5.74, 6) is -10.7. The predicted molar refractivity (Wildman–Crippen MR) is 338 cm³/mol. The Labute approximate surface area is 526 Å². The lowest BCUT2D eigenvalue weighted by Gasteiger charge is -2.42. The van der Waals surface area contributed by atoms with Gasteiger partial charge in [0.15, 0.2) is 0 Å². The predicted octanol–water partition coefficient (Wildman–Crippen LogP) is 3.84. The summed E-state index contributed by atoms with van der Waals surface area (Å²) in [6.45, 7) is 30.4. The number of carbonyl (C=O) groups excluding carboxylic acids is 12. The molecule has 0 unspecified atom stereocenters. The monoisotopic (exact) mass is 1240 g/mol. The van der Waals surface area contributed by atoms with E-state index in [1.54, 1.807) is 54.5 Å². The Bertz CT molecular complexity index is 2450. The lowest BCUT2D eigenvalue weighted by molar-refractivity contribution is -0.164. The summed E-state index contributed by atoms with van der Waals surface area (Å²) in [5.41, 5.74) is 0. The van der Waals surface area contributed by atoms with Crippen molar-refractivity contribution < 1.29 is 62.3 Å². The highest BCUT2D eigenvalue weighted by molar-refractivity contribution is 5.99. The minimum Gasteiger partial charge on any atom is -0.459 e. The molecule has 88 heavy (non-hydrogen) atoms. The average Bonchev–Trinajstić information content (AvgIpc) is 2.69. The fourth-order valence-corrected chi connectivity index (χ4v) is 11.0. The molecule has 1 saturated heterocycles. The molecule has 0 saturated carbocycles. The second-order valence-corrected chi connectivity index (χ2v) is 26.7. The van der Waals surface area contributed by atoms with E-state index < -0.39 is 162 Å². The first-order valence-corrected chi connectivity index (χ1v) is 31.4. The molecule has 0 aromatic rings. The van der Waals surface area contributed by atoms with Crippen LogP contribution in [0.25, 0.3) is 0 Å². The number of esters is 1. The van der Waals surface area contributed by atoms with Gasteiger partial charge in [0.25, 0.3) is 0 Å². The summed E-state index contributed by atoms with van der Waals surface area (Å²) in [6, 6.07) is -12.5. The smallest absolute Gasteiger partial charge is 0.303 e. The van der Waals surface area contributed by atoms with Crippen LogP contribution < -0.4 is 21.3 Å². The van der Waals surface area contributed by atoms with E-state index >= 15 is 19.2 Å². The van der Waals surface area contributed by atoms with Crippen LogP contribution >= 0.6 is 0 Å². The minimum atomic E-state index is -1.61. The summed E-state index contributed by atoms with van der Waals surface area (Å²) >= 11 is 0. The van der Waals surface area contributed by atoms with Gasteiger partial charge in [-0.15, -0.1) is 0 Å². The van der Waals surface area contributed by atoms with Crippen molar-refractivity contribution in [3.05, 3.63) is 12.2 Å². The van der Waals surface area contributed by atoms with Crippen molar-refractivity contribution >= 4 is 70.9 Å². The Morgan fingerprint density at radius 2 is 0.909 bits per heavy atom. The molecule has 24 heteroatoms. The van der Waals surface area contributed by atoms with E-state index in [0.29, 0.717) is 6.42 Å². The van der Waals surface area contributed by atoms with E-state index in [4.69, 9.17) is 4.74 Å². The maximum atomic E-state index is 15.4. The number of hydrogen-bond acceptors (Lipinski definition) is 13. The van der Waals surface area contributed by atoms with Crippen LogP contribution in [0.1, 0.15) is 163 Å². The molecule has 1 rings (SSSR count). The third-order valence-electron chi connectivity index (χ3n) is 16.3. The van der Waals surface area contributed by atoms with E-state index in [2.05, 4.69) is 21.3 Å². The molecule has 0 aliphatic carbocycles. The highest BCUT2D eigenvalue weighted by Crippen LogP contribution is 2.27. The third kappa shape index (κ3) is 22.5. The molecule has 0 aromatic heterocycles. The fraction of sp³-hybridized carbons (Fsp3) is 0.781. The van der Waals surface area contributed by atoms with Gasteiger partial charge in [0.05, 0.1) is 6.54 Å². The molecular weight excluding hydrogens is 1130 g/mol. The molecule has 0 spiro atoms. The first-order valence-electron chi connectivity index (χ1n) is 31.4. The summed E-state index contributed by atoms with van der Waals surface area (Å²) in [5, 5.41) is 11.0. The normalized spacial score (nSPS) is 26.3. The Balaban J connectivity index is 4.43. The second kappa shape index (κ2) is 36.1. The second-order valence-electron chi connectivity index (χ2n) is 26.7. The molecule has 502 valence electrons. The average molecular weight is 1240 g/mol. The number of allylic oxidation sites excluding steroid dienone is 2. The lowest BCUT2D eigenvalue weighted by Crippen LogP contribution is -2.64. The lowest BCUT2D eigenvalue weighted by atomic mass is 9.91. The number of likely N-dealkylation sites (N-methyl/N-ethyl adjacent to an activating group) is 7. The topological polar surface area (TPSA) is 285 Å². The number of rotatable bonds is 16. The SMILES string of the molecule is C/C=C/C[C@@H](C)[C@@H](OC(C)=O)[C@H]1C(=O)N[C@@H](CC)C(=O)N(C)CC(=O)N(C)[C@H](CC(C)C)C(=O)N[C@@H](C(C)C)C(=O)N(C)[C@@H](CC(C)C)C(=O)N[C@@H](C)C(=O)N[C@H](C)C(=O)N(C)[C@H](CC(C)C)C(=O)N(C)[C@H](CC(C)C)C(=O)N(C)[C@@H](C(C)C)C(=O)N1C.